The van der Waals surface area contributed by atoms with Gasteiger partial charge in [-0.1, -0.05) is 14.0 Å². The van der Waals surface area contributed by atoms with Gasteiger partial charge in [-0.15, -0.1) is 0 Å². The van der Waals surface area contributed by atoms with Crippen molar-refractivity contribution < 1.29 is 9.13 Å². The standard InChI is InChI=1S/C29H31BrFN6OP/c1-17-14-26(37-10-12-38-13-11-37)21(31)15-25(17)35-29-32-16-20(30)28(36-29)34-24-9-8-23-19(27(24)39(2)3)6-7-22(33-23)18-4-5-18/h6-9,14-16,18H,4-5,10-13H2,1-3H3,(H2,32,34,35,36). The zero-order valence-corrected chi connectivity index (χ0v) is 24.7. The molecule has 0 amide bonds. The number of nitrogens with zero attached hydrogens (tertiary/aromatic N) is 4. The zero-order chi connectivity index (χ0) is 27.1. The molecule has 1 saturated carbocycles. The SMILES string of the molecule is Cc1cc(N2CCOCC2)c(F)cc1Nc1ncc(Br)c(Nc2ccc3nc(C4CC4)ccc3c2P(C)C)n1. The van der Waals surface area contributed by atoms with Crippen molar-refractivity contribution in [2.45, 2.75) is 25.7 Å². The summed E-state index contributed by atoms with van der Waals surface area (Å²) in [6, 6.07) is 12.0. The summed E-state index contributed by atoms with van der Waals surface area (Å²) in [6.45, 7) is 9.04. The maximum atomic E-state index is 15.1. The van der Waals surface area contributed by atoms with E-state index in [1.54, 1.807) is 6.20 Å². The third kappa shape index (κ3) is 5.58. The molecule has 10 heteroatoms. The Hall–Kier alpha value is -2.87. The van der Waals surface area contributed by atoms with Crippen LogP contribution in [-0.4, -0.2) is 54.6 Å². The number of benzene rings is 2. The normalized spacial score (nSPS) is 15.7. The van der Waals surface area contributed by atoms with Gasteiger partial charge in [0.2, 0.25) is 5.95 Å². The summed E-state index contributed by atoms with van der Waals surface area (Å²) in [7, 11) is -0.426. The van der Waals surface area contributed by atoms with E-state index >= 15 is 4.39 Å². The fourth-order valence-corrected chi connectivity index (χ4v) is 6.58. The van der Waals surface area contributed by atoms with Crippen LogP contribution in [0.3, 0.4) is 0 Å². The maximum absolute atomic E-state index is 15.1. The molecule has 0 radical (unpaired) electrons. The monoisotopic (exact) mass is 608 g/mol. The highest BCUT2D eigenvalue weighted by molar-refractivity contribution is 9.10. The lowest BCUT2D eigenvalue weighted by molar-refractivity contribution is 0.122. The lowest BCUT2D eigenvalue weighted by Gasteiger charge is -2.29. The van der Waals surface area contributed by atoms with Crippen molar-refractivity contribution in [1.82, 2.24) is 15.0 Å². The van der Waals surface area contributed by atoms with Crippen molar-refractivity contribution in [3.63, 3.8) is 0 Å². The number of rotatable bonds is 7. The van der Waals surface area contributed by atoms with Crippen molar-refractivity contribution in [2.75, 3.05) is 55.2 Å². The number of aromatic nitrogens is 3. The van der Waals surface area contributed by atoms with Crippen molar-refractivity contribution in [2.24, 2.45) is 0 Å². The summed E-state index contributed by atoms with van der Waals surface area (Å²) in [6.07, 6.45) is 4.18. The van der Waals surface area contributed by atoms with Crippen LogP contribution in [0, 0.1) is 12.7 Å². The maximum Gasteiger partial charge on any atom is 0.229 e. The van der Waals surface area contributed by atoms with Crippen molar-refractivity contribution in [3.8, 4) is 0 Å². The third-order valence-corrected chi connectivity index (χ3v) is 9.15. The second kappa shape index (κ2) is 11.0. The van der Waals surface area contributed by atoms with Gasteiger partial charge in [-0.2, -0.15) is 4.98 Å². The van der Waals surface area contributed by atoms with E-state index in [1.165, 1.54) is 35.3 Å². The van der Waals surface area contributed by atoms with E-state index in [0.29, 0.717) is 55.4 Å². The van der Waals surface area contributed by atoms with Crippen LogP contribution in [0.2, 0.25) is 0 Å². The average molecular weight is 609 g/mol. The molecule has 2 fully saturated rings. The number of anilines is 5. The van der Waals surface area contributed by atoms with Crippen molar-refractivity contribution in [1.29, 1.82) is 0 Å². The van der Waals surface area contributed by atoms with Gasteiger partial charge in [0.05, 0.1) is 28.9 Å². The molecule has 7 nitrogen and oxygen atoms in total. The zero-order valence-electron chi connectivity index (χ0n) is 22.3. The van der Waals surface area contributed by atoms with Gasteiger partial charge < -0.3 is 20.3 Å². The predicted octanol–water partition coefficient (Wildman–Crippen LogP) is 6.80. The summed E-state index contributed by atoms with van der Waals surface area (Å²) in [5.41, 5.74) is 5.38. The lowest BCUT2D eigenvalue weighted by atomic mass is 10.1. The van der Waals surface area contributed by atoms with Crippen LogP contribution in [0.1, 0.15) is 30.0 Å². The Kier molecular flexibility index (Phi) is 7.40. The van der Waals surface area contributed by atoms with E-state index < -0.39 is 7.92 Å². The largest absolute Gasteiger partial charge is 0.378 e. The fraction of sp³-hybridized carbons (Fsp3) is 0.345. The highest BCUT2D eigenvalue weighted by Crippen LogP contribution is 2.41. The number of hydrogen-bond acceptors (Lipinski definition) is 7. The molecule has 0 atom stereocenters. The Balaban J connectivity index is 1.28. The fourth-order valence-electron chi connectivity index (χ4n) is 5.00. The highest BCUT2D eigenvalue weighted by Gasteiger charge is 2.25. The molecule has 202 valence electrons. The molecule has 4 aromatic rings. The molecule has 2 aliphatic rings. The lowest BCUT2D eigenvalue weighted by Crippen LogP contribution is -2.36. The number of halogens is 2. The second-order valence-corrected chi connectivity index (χ2v) is 13.4. The molecule has 2 N–H and O–H groups in total. The number of fused-ring (bicyclic) bond motifs is 1. The van der Waals surface area contributed by atoms with E-state index in [2.05, 4.69) is 69.1 Å². The first-order chi connectivity index (χ1) is 18.9. The molecule has 1 aliphatic heterocycles. The van der Waals surface area contributed by atoms with Crippen LogP contribution in [0.15, 0.2) is 47.1 Å². The minimum absolute atomic E-state index is 0.279. The van der Waals surface area contributed by atoms with Gasteiger partial charge >= 0.3 is 0 Å². The molecule has 0 bridgehead atoms. The summed E-state index contributed by atoms with van der Waals surface area (Å²) in [5, 5.41) is 9.17. The van der Waals surface area contributed by atoms with Gasteiger partial charge in [-0.05, 0) is 84.9 Å². The third-order valence-electron chi connectivity index (χ3n) is 7.20. The molecular weight excluding hydrogens is 578 g/mol. The minimum Gasteiger partial charge on any atom is -0.378 e. The molecular formula is C29H31BrFN6OP. The molecule has 2 aromatic carbocycles. The number of morpholine rings is 1. The van der Waals surface area contributed by atoms with Crippen molar-refractivity contribution >= 4 is 68.9 Å². The number of nitrogens with one attached hydrogen (secondary N) is 2. The van der Waals surface area contributed by atoms with Crippen LogP contribution in [0.5, 0.6) is 0 Å². The molecule has 2 aromatic heterocycles. The van der Waals surface area contributed by atoms with E-state index in [9.17, 15) is 0 Å². The molecule has 1 saturated heterocycles. The second-order valence-electron chi connectivity index (χ2n) is 10.3. The molecule has 0 spiro atoms. The van der Waals surface area contributed by atoms with Gasteiger partial charge in [0.1, 0.15) is 11.6 Å². The number of aryl methyl sites for hydroxylation is 1. The van der Waals surface area contributed by atoms with Gasteiger partial charge in [-0.3, -0.25) is 4.98 Å². The van der Waals surface area contributed by atoms with Crippen LogP contribution >= 0.6 is 23.9 Å². The summed E-state index contributed by atoms with van der Waals surface area (Å²) < 4.78 is 21.2. The first kappa shape index (κ1) is 26.4. The molecule has 6 rings (SSSR count). The summed E-state index contributed by atoms with van der Waals surface area (Å²) >= 11 is 3.60. The number of pyridine rings is 1. The van der Waals surface area contributed by atoms with E-state index in [1.807, 2.05) is 17.9 Å². The Labute approximate surface area is 237 Å². The van der Waals surface area contributed by atoms with Crippen LogP contribution in [-0.2, 0) is 4.74 Å². The van der Waals surface area contributed by atoms with Crippen molar-refractivity contribution in [3.05, 3.63) is 64.1 Å². The molecule has 0 unspecified atom stereocenters. The summed E-state index contributed by atoms with van der Waals surface area (Å²) in [5.74, 6) is 1.36. The van der Waals surface area contributed by atoms with Crippen LogP contribution in [0.25, 0.3) is 10.9 Å². The first-order valence-corrected chi connectivity index (χ1v) is 16.2. The molecule has 1 aliphatic carbocycles. The smallest absolute Gasteiger partial charge is 0.229 e. The Bertz CT molecular complexity index is 1540. The summed E-state index contributed by atoms with van der Waals surface area (Å²) in [4.78, 5) is 16.1. The minimum atomic E-state index is -0.426. The van der Waals surface area contributed by atoms with Gasteiger partial charge in [-0.25, -0.2) is 9.37 Å². The van der Waals surface area contributed by atoms with E-state index in [-0.39, 0.29) is 5.82 Å². The number of ether oxygens (including phenoxy) is 1. The van der Waals surface area contributed by atoms with E-state index in [4.69, 9.17) is 14.7 Å². The Morgan fingerprint density at radius 2 is 1.82 bits per heavy atom. The van der Waals surface area contributed by atoms with Crippen LogP contribution < -0.4 is 20.8 Å². The predicted molar refractivity (Wildman–Crippen MR) is 163 cm³/mol. The topological polar surface area (TPSA) is 75.2 Å². The van der Waals surface area contributed by atoms with Crippen LogP contribution in [0.4, 0.5) is 33.2 Å². The molecule has 39 heavy (non-hydrogen) atoms. The number of hydrogen-bond donors (Lipinski definition) is 2. The van der Waals surface area contributed by atoms with Gasteiger partial charge in [0, 0.05) is 53.0 Å². The Morgan fingerprint density at radius 3 is 2.56 bits per heavy atom. The van der Waals surface area contributed by atoms with E-state index in [0.717, 1.165) is 21.2 Å². The van der Waals surface area contributed by atoms with Gasteiger partial charge in [0.15, 0.2) is 0 Å². The quantitative estimate of drug-likeness (QED) is 0.223. The van der Waals surface area contributed by atoms with Gasteiger partial charge in [0.25, 0.3) is 0 Å². The molecule has 3 heterocycles. The average Bonchev–Trinajstić information content (AvgIpc) is 3.78. The first-order valence-electron chi connectivity index (χ1n) is 13.2. The highest BCUT2D eigenvalue weighted by atomic mass is 79.9. The Morgan fingerprint density at radius 1 is 1.03 bits per heavy atom.